The molecule has 0 amide bonds. The Bertz CT molecular complexity index is 787. The lowest BCUT2D eigenvalue weighted by Crippen LogP contribution is -2.15. The molecule has 2 heterocycles. The minimum atomic E-state index is -4.56. The number of pyridine rings is 1. The summed E-state index contributed by atoms with van der Waals surface area (Å²) in [4.78, 5) is 21.6. The van der Waals surface area contributed by atoms with E-state index in [0.29, 0.717) is 5.57 Å². The summed E-state index contributed by atoms with van der Waals surface area (Å²) in [6.07, 6.45) is 0.558. The van der Waals surface area contributed by atoms with Gasteiger partial charge in [0.2, 0.25) is 0 Å². The van der Waals surface area contributed by atoms with Crippen LogP contribution in [0.3, 0.4) is 0 Å². The minimum Gasteiger partial charge on any atom is -0.306 e. The molecule has 1 aliphatic carbocycles. The van der Waals surface area contributed by atoms with E-state index >= 15 is 0 Å². The van der Waals surface area contributed by atoms with Crippen molar-refractivity contribution < 1.29 is 13.2 Å². The Balaban J connectivity index is 2.23. The molecule has 3 rings (SSSR count). The number of H-pyrrole nitrogens is 1. The third-order valence-electron chi connectivity index (χ3n) is 2.68. The Morgan fingerprint density at radius 1 is 1.16 bits per heavy atom. The summed E-state index contributed by atoms with van der Waals surface area (Å²) in [6.45, 7) is 0. The maximum Gasteiger partial charge on any atom is 0.433 e. The number of hydrogen-bond donors (Lipinski definition) is 1. The molecule has 0 radical (unpaired) electrons. The van der Waals surface area contributed by atoms with Crippen LogP contribution >= 0.6 is 0 Å². The largest absolute Gasteiger partial charge is 0.433 e. The maximum atomic E-state index is 12.6. The first-order chi connectivity index (χ1) is 8.95. The summed E-state index contributed by atoms with van der Waals surface area (Å²) >= 11 is 0. The zero-order valence-electron chi connectivity index (χ0n) is 9.32. The Hall–Kier alpha value is -2.44. The van der Waals surface area contributed by atoms with Crippen molar-refractivity contribution in [3.63, 3.8) is 0 Å². The molecule has 1 N–H and O–H groups in total. The van der Waals surface area contributed by atoms with Crippen LogP contribution in [-0.2, 0) is 6.18 Å². The van der Waals surface area contributed by atoms with E-state index in [0.717, 1.165) is 12.1 Å². The van der Waals surface area contributed by atoms with Gasteiger partial charge >= 0.3 is 6.18 Å². The van der Waals surface area contributed by atoms with Gasteiger partial charge in [-0.25, -0.2) is 9.97 Å². The van der Waals surface area contributed by atoms with Crippen LogP contribution < -0.4 is 5.56 Å². The number of rotatable bonds is 1. The van der Waals surface area contributed by atoms with Crippen LogP contribution in [0.25, 0.3) is 16.6 Å². The monoisotopic (exact) mass is 265 g/mol. The second kappa shape index (κ2) is 3.78. The molecule has 0 bridgehead atoms. The SMILES string of the molecule is O=c1[nH]c(C2=CC=C2)nc2nc(C(F)(F)F)ccc12. The number of fused-ring (bicyclic) bond motifs is 1. The number of hydrogen-bond acceptors (Lipinski definition) is 3. The van der Waals surface area contributed by atoms with Crippen LogP contribution in [0.1, 0.15) is 11.5 Å². The number of allylic oxidation sites excluding steroid dienone is 4. The van der Waals surface area contributed by atoms with Gasteiger partial charge in [-0.2, -0.15) is 13.2 Å². The van der Waals surface area contributed by atoms with Crippen LogP contribution in [0.4, 0.5) is 13.2 Å². The molecule has 96 valence electrons. The average Bonchev–Trinajstić information content (AvgIpc) is 2.24. The highest BCUT2D eigenvalue weighted by Crippen LogP contribution is 2.28. The van der Waals surface area contributed by atoms with E-state index in [9.17, 15) is 18.0 Å². The Labute approximate surface area is 104 Å². The molecule has 19 heavy (non-hydrogen) atoms. The third kappa shape index (κ3) is 1.92. The van der Waals surface area contributed by atoms with Crippen molar-refractivity contribution in [2.24, 2.45) is 0 Å². The fraction of sp³-hybridized carbons (Fsp3) is 0.0833. The zero-order chi connectivity index (χ0) is 13.6. The van der Waals surface area contributed by atoms with Gasteiger partial charge in [0, 0.05) is 5.57 Å². The van der Waals surface area contributed by atoms with E-state index in [-0.39, 0.29) is 16.9 Å². The second-order valence-electron chi connectivity index (χ2n) is 3.96. The Morgan fingerprint density at radius 3 is 2.47 bits per heavy atom. The predicted octanol–water partition coefficient (Wildman–Crippen LogP) is 2.29. The third-order valence-corrected chi connectivity index (χ3v) is 2.68. The number of halogens is 3. The highest BCUT2D eigenvalue weighted by atomic mass is 19.4. The van der Waals surface area contributed by atoms with Gasteiger partial charge < -0.3 is 4.98 Å². The fourth-order valence-electron chi connectivity index (χ4n) is 1.66. The van der Waals surface area contributed by atoms with Crippen LogP contribution in [0, 0.1) is 0 Å². The van der Waals surface area contributed by atoms with Gasteiger partial charge in [-0.3, -0.25) is 4.79 Å². The summed E-state index contributed by atoms with van der Waals surface area (Å²) in [5.74, 6) is 0.215. The summed E-state index contributed by atoms with van der Waals surface area (Å²) in [6, 6.07) is 1.84. The smallest absolute Gasteiger partial charge is 0.306 e. The van der Waals surface area contributed by atoms with Crippen LogP contribution in [-0.4, -0.2) is 15.0 Å². The molecule has 0 fully saturated rings. The average molecular weight is 265 g/mol. The van der Waals surface area contributed by atoms with E-state index in [1.54, 1.807) is 18.2 Å². The molecule has 0 saturated carbocycles. The molecule has 0 saturated heterocycles. The second-order valence-corrected chi connectivity index (χ2v) is 3.96. The molecule has 7 heteroatoms. The van der Waals surface area contributed by atoms with Crippen LogP contribution in [0.5, 0.6) is 0 Å². The summed E-state index contributed by atoms with van der Waals surface area (Å²) in [7, 11) is 0. The van der Waals surface area contributed by atoms with E-state index in [1.807, 2.05) is 0 Å². The van der Waals surface area contributed by atoms with Crippen molar-refractivity contribution in [1.29, 1.82) is 0 Å². The zero-order valence-corrected chi connectivity index (χ0v) is 9.32. The molecule has 0 aromatic carbocycles. The van der Waals surface area contributed by atoms with Crippen LogP contribution in [0.15, 0.2) is 35.2 Å². The number of alkyl halides is 3. The van der Waals surface area contributed by atoms with E-state index in [1.165, 1.54) is 0 Å². The topological polar surface area (TPSA) is 58.6 Å². The first kappa shape index (κ1) is 11.6. The van der Waals surface area contributed by atoms with E-state index in [4.69, 9.17) is 0 Å². The summed E-state index contributed by atoms with van der Waals surface area (Å²) in [5, 5.41) is 0.0284. The molecule has 1 aliphatic rings. The Morgan fingerprint density at radius 2 is 1.89 bits per heavy atom. The van der Waals surface area contributed by atoms with Gasteiger partial charge in [-0.1, -0.05) is 18.2 Å². The molecule has 2 aromatic rings. The molecule has 4 nitrogen and oxygen atoms in total. The molecular formula is C12H6F3N3O. The van der Waals surface area contributed by atoms with Gasteiger partial charge in [-0.15, -0.1) is 0 Å². The molecular weight excluding hydrogens is 259 g/mol. The first-order valence-electron chi connectivity index (χ1n) is 5.32. The maximum absolute atomic E-state index is 12.6. The van der Waals surface area contributed by atoms with Gasteiger partial charge in [-0.05, 0) is 12.1 Å². The number of aromatic nitrogens is 3. The van der Waals surface area contributed by atoms with Crippen molar-refractivity contribution in [2.75, 3.05) is 0 Å². The molecule has 0 spiro atoms. The fourth-order valence-corrected chi connectivity index (χ4v) is 1.66. The first-order valence-corrected chi connectivity index (χ1v) is 5.32. The highest BCUT2D eigenvalue weighted by Gasteiger charge is 2.32. The van der Waals surface area contributed by atoms with Gasteiger partial charge in [0.25, 0.3) is 5.56 Å². The van der Waals surface area contributed by atoms with Gasteiger partial charge in [0.05, 0.1) is 5.39 Å². The van der Waals surface area contributed by atoms with Crippen molar-refractivity contribution in [3.05, 3.63) is 52.2 Å². The molecule has 2 aromatic heterocycles. The van der Waals surface area contributed by atoms with E-state index in [2.05, 4.69) is 15.0 Å². The number of aromatic amines is 1. The van der Waals surface area contributed by atoms with Gasteiger partial charge in [0.15, 0.2) is 5.65 Å². The molecule has 0 aliphatic heterocycles. The normalized spacial score (nSPS) is 14.4. The van der Waals surface area contributed by atoms with Crippen molar-refractivity contribution in [2.45, 2.75) is 6.18 Å². The lowest BCUT2D eigenvalue weighted by atomic mass is 10.1. The van der Waals surface area contributed by atoms with Crippen molar-refractivity contribution >= 4 is 16.6 Å². The number of nitrogens with zero attached hydrogens (tertiary/aromatic N) is 2. The standard InChI is InChI=1S/C12H6F3N3O/c13-12(14,15)8-5-4-7-10(16-8)17-9(18-11(7)19)6-2-1-3-6/h1-5H,(H,16,17,18,19). The van der Waals surface area contributed by atoms with Crippen molar-refractivity contribution in [3.8, 4) is 0 Å². The lowest BCUT2D eigenvalue weighted by Gasteiger charge is -2.09. The number of nitrogens with one attached hydrogen (secondary N) is 1. The van der Waals surface area contributed by atoms with Crippen molar-refractivity contribution in [1.82, 2.24) is 15.0 Å². The predicted molar refractivity (Wildman–Crippen MR) is 62.3 cm³/mol. The Kier molecular flexibility index (Phi) is 2.31. The minimum absolute atomic E-state index is 0.0284. The molecule has 0 atom stereocenters. The molecule has 0 unspecified atom stereocenters. The highest BCUT2D eigenvalue weighted by molar-refractivity contribution is 5.81. The summed E-state index contributed by atoms with van der Waals surface area (Å²) < 4.78 is 37.7. The summed E-state index contributed by atoms with van der Waals surface area (Å²) in [5.41, 5.74) is -1.14. The van der Waals surface area contributed by atoms with Gasteiger partial charge in [0.1, 0.15) is 11.5 Å². The quantitative estimate of drug-likeness (QED) is 0.860. The lowest BCUT2D eigenvalue weighted by molar-refractivity contribution is -0.141. The van der Waals surface area contributed by atoms with E-state index < -0.39 is 17.4 Å². The van der Waals surface area contributed by atoms with Crippen LogP contribution in [0.2, 0.25) is 0 Å².